The summed E-state index contributed by atoms with van der Waals surface area (Å²) in [5.74, 6) is 0. The normalized spacial score (nSPS) is 13.7. The molecule has 1 aliphatic rings. The van der Waals surface area contributed by atoms with Gasteiger partial charge in [-0.25, -0.2) is 10.1 Å². The fraction of sp³-hybridized carbons (Fsp3) is 0.333. The van der Waals surface area contributed by atoms with Crippen LogP contribution in [0.3, 0.4) is 0 Å². The third-order valence-electron chi connectivity index (χ3n) is 4.80. The first kappa shape index (κ1) is 16.8. The summed E-state index contributed by atoms with van der Waals surface area (Å²) < 4.78 is 2.17. The maximum atomic E-state index is 11.7. The van der Waals surface area contributed by atoms with E-state index in [0.29, 0.717) is 12.2 Å². The quantitative estimate of drug-likeness (QED) is 0.761. The monoisotopic (exact) mass is 370 g/mol. The molecule has 0 spiro atoms. The predicted molar refractivity (Wildman–Crippen MR) is 99.6 cm³/mol. The molecule has 134 valence electrons. The molecule has 26 heavy (non-hydrogen) atoms. The molecule has 0 radical (unpaired) electrons. The van der Waals surface area contributed by atoms with Gasteiger partial charge < -0.3 is 9.47 Å². The SMILES string of the molecule is CCc1cccnc1Cn1cnc2c1CCN(c1cn[nH]c(=O)c1Cl)C2. The van der Waals surface area contributed by atoms with E-state index < -0.39 is 0 Å². The van der Waals surface area contributed by atoms with Crippen molar-refractivity contribution in [3.63, 3.8) is 0 Å². The van der Waals surface area contributed by atoms with E-state index in [9.17, 15) is 4.79 Å². The highest BCUT2D eigenvalue weighted by molar-refractivity contribution is 6.32. The van der Waals surface area contributed by atoms with E-state index in [1.54, 1.807) is 6.20 Å². The van der Waals surface area contributed by atoms with Gasteiger partial charge in [0.05, 0.1) is 42.7 Å². The zero-order valence-corrected chi connectivity index (χ0v) is 15.2. The Labute approximate surface area is 155 Å². The van der Waals surface area contributed by atoms with Crippen LogP contribution in [0.15, 0.2) is 35.6 Å². The summed E-state index contributed by atoms with van der Waals surface area (Å²) in [5, 5.41) is 6.38. The molecule has 0 aliphatic carbocycles. The average Bonchev–Trinajstić information content (AvgIpc) is 3.06. The maximum Gasteiger partial charge on any atom is 0.285 e. The lowest BCUT2D eigenvalue weighted by Gasteiger charge is -2.29. The van der Waals surface area contributed by atoms with Crippen molar-refractivity contribution < 1.29 is 0 Å². The van der Waals surface area contributed by atoms with Gasteiger partial charge in [-0.05, 0) is 18.1 Å². The predicted octanol–water partition coefficient (Wildman–Crippen LogP) is 2.19. The van der Waals surface area contributed by atoms with Crippen LogP contribution in [0.4, 0.5) is 5.69 Å². The molecule has 0 fully saturated rings. The van der Waals surface area contributed by atoms with Gasteiger partial charge in [-0.15, -0.1) is 0 Å². The van der Waals surface area contributed by atoms with Gasteiger partial charge in [0.1, 0.15) is 5.02 Å². The summed E-state index contributed by atoms with van der Waals surface area (Å²) in [6.45, 7) is 4.23. The number of halogens is 1. The number of aromatic amines is 1. The highest BCUT2D eigenvalue weighted by atomic mass is 35.5. The van der Waals surface area contributed by atoms with Crippen LogP contribution in [0.1, 0.15) is 29.6 Å². The molecule has 1 aliphatic heterocycles. The highest BCUT2D eigenvalue weighted by Crippen LogP contribution is 2.27. The summed E-state index contributed by atoms with van der Waals surface area (Å²) in [6.07, 6.45) is 7.09. The van der Waals surface area contributed by atoms with Crippen LogP contribution in [-0.2, 0) is 25.9 Å². The largest absolute Gasteiger partial charge is 0.362 e. The van der Waals surface area contributed by atoms with E-state index in [4.69, 9.17) is 11.6 Å². The topological polar surface area (TPSA) is 79.7 Å². The first-order chi connectivity index (χ1) is 12.7. The fourth-order valence-corrected chi connectivity index (χ4v) is 3.61. The van der Waals surface area contributed by atoms with Gasteiger partial charge in [-0.3, -0.25) is 9.78 Å². The number of anilines is 1. The van der Waals surface area contributed by atoms with Crippen LogP contribution in [0.5, 0.6) is 0 Å². The number of pyridine rings is 1. The third-order valence-corrected chi connectivity index (χ3v) is 5.16. The van der Waals surface area contributed by atoms with Crippen LogP contribution in [-0.4, -0.2) is 31.3 Å². The summed E-state index contributed by atoms with van der Waals surface area (Å²) in [5.41, 5.74) is 4.83. The molecule has 4 rings (SSSR count). The van der Waals surface area contributed by atoms with E-state index in [2.05, 4.69) is 37.7 Å². The number of imidazole rings is 1. The molecular weight excluding hydrogens is 352 g/mol. The van der Waals surface area contributed by atoms with Crippen molar-refractivity contribution >= 4 is 17.3 Å². The van der Waals surface area contributed by atoms with Gasteiger partial charge in [-0.2, -0.15) is 5.10 Å². The molecule has 0 atom stereocenters. The second-order valence-electron chi connectivity index (χ2n) is 6.30. The van der Waals surface area contributed by atoms with Crippen molar-refractivity contribution in [1.82, 2.24) is 24.7 Å². The van der Waals surface area contributed by atoms with Gasteiger partial charge in [0, 0.05) is 24.9 Å². The van der Waals surface area contributed by atoms with E-state index in [-0.39, 0.29) is 10.6 Å². The summed E-state index contributed by atoms with van der Waals surface area (Å²) in [4.78, 5) is 22.9. The molecule has 3 aromatic rings. The summed E-state index contributed by atoms with van der Waals surface area (Å²) in [6, 6.07) is 4.10. The smallest absolute Gasteiger partial charge is 0.285 e. The molecule has 7 nitrogen and oxygen atoms in total. The number of H-pyrrole nitrogens is 1. The van der Waals surface area contributed by atoms with Gasteiger partial charge in [-0.1, -0.05) is 24.6 Å². The molecule has 3 aromatic heterocycles. The second kappa shape index (κ2) is 6.92. The Hall–Kier alpha value is -2.67. The minimum Gasteiger partial charge on any atom is -0.362 e. The Morgan fingerprint density at radius 1 is 1.35 bits per heavy atom. The molecule has 1 N–H and O–H groups in total. The van der Waals surface area contributed by atoms with Crippen molar-refractivity contribution in [1.29, 1.82) is 0 Å². The van der Waals surface area contributed by atoms with E-state index in [0.717, 1.165) is 37.3 Å². The number of hydrogen-bond acceptors (Lipinski definition) is 5. The second-order valence-corrected chi connectivity index (χ2v) is 6.68. The molecule has 0 saturated carbocycles. The van der Waals surface area contributed by atoms with Gasteiger partial charge in [0.15, 0.2) is 0 Å². The number of fused-ring (bicyclic) bond motifs is 1. The molecule has 8 heteroatoms. The lowest BCUT2D eigenvalue weighted by molar-refractivity contribution is 0.652. The van der Waals surface area contributed by atoms with Gasteiger partial charge in [0.25, 0.3) is 5.56 Å². The first-order valence-electron chi connectivity index (χ1n) is 8.61. The average molecular weight is 371 g/mol. The lowest BCUT2D eigenvalue weighted by atomic mass is 10.1. The summed E-state index contributed by atoms with van der Waals surface area (Å²) in [7, 11) is 0. The Bertz CT molecular complexity index is 995. The number of aromatic nitrogens is 5. The first-order valence-corrected chi connectivity index (χ1v) is 8.99. The third kappa shape index (κ3) is 2.99. The minimum absolute atomic E-state index is 0.170. The standard InChI is InChI=1S/C18H19ClN6O/c1-2-12-4-3-6-20-13(12)9-25-11-21-14-10-24(7-5-15(14)25)16-8-22-23-18(26)17(16)19/h3-4,6,8,11H,2,5,7,9-10H2,1H3,(H,23,26). The molecule has 0 unspecified atom stereocenters. The van der Waals surface area contributed by atoms with E-state index in [1.807, 2.05) is 23.5 Å². The van der Waals surface area contributed by atoms with Crippen LogP contribution < -0.4 is 10.5 Å². The van der Waals surface area contributed by atoms with Crippen molar-refractivity contribution in [3.05, 3.63) is 68.9 Å². The molecular formula is C18H19ClN6O. The van der Waals surface area contributed by atoms with Crippen molar-refractivity contribution in [2.75, 3.05) is 11.4 Å². The van der Waals surface area contributed by atoms with E-state index >= 15 is 0 Å². The number of aryl methyl sites for hydroxylation is 1. The minimum atomic E-state index is -0.372. The van der Waals surface area contributed by atoms with E-state index in [1.165, 1.54) is 11.3 Å². The maximum absolute atomic E-state index is 11.7. The Morgan fingerprint density at radius 3 is 3.08 bits per heavy atom. The molecule has 4 heterocycles. The van der Waals surface area contributed by atoms with Crippen LogP contribution >= 0.6 is 11.6 Å². The zero-order valence-electron chi connectivity index (χ0n) is 14.4. The van der Waals surface area contributed by atoms with Crippen molar-refractivity contribution in [2.45, 2.75) is 32.9 Å². The fourth-order valence-electron chi connectivity index (χ4n) is 3.40. The lowest BCUT2D eigenvalue weighted by Crippen LogP contribution is -2.32. The number of hydrogen-bond donors (Lipinski definition) is 1. The number of nitrogens with one attached hydrogen (secondary N) is 1. The van der Waals surface area contributed by atoms with Gasteiger partial charge in [0.2, 0.25) is 0 Å². The molecule has 0 amide bonds. The Kier molecular flexibility index (Phi) is 4.46. The van der Waals surface area contributed by atoms with Crippen LogP contribution in [0, 0.1) is 0 Å². The number of rotatable bonds is 4. The highest BCUT2D eigenvalue weighted by Gasteiger charge is 2.24. The Morgan fingerprint density at radius 2 is 2.23 bits per heavy atom. The zero-order chi connectivity index (χ0) is 18.1. The van der Waals surface area contributed by atoms with Crippen LogP contribution in [0.2, 0.25) is 5.02 Å². The van der Waals surface area contributed by atoms with Crippen molar-refractivity contribution in [2.24, 2.45) is 0 Å². The summed E-state index contributed by atoms with van der Waals surface area (Å²) >= 11 is 6.14. The van der Waals surface area contributed by atoms with Gasteiger partial charge >= 0.3 is 0 Å². The molecule has 0 bridgehead atoms. The Balaban J connectivity index is 1.59. The molecule has 0 aromatic carbocycles. The van der Waals surface area contributed by atoms with Crippen molar-refractivity contribution in [3.8, 4) is 0 Å². The molecule has 0 saturated heterocycles. The van der Waals surface area contributed by atoms with Crippen LogP contribution in [0.25, 0.3) is 0 Å². The number of nitrogens with zero attached hydrogens (tertiary/aromatic N) is 5.